The number of nitrogens with one attached hydrogen (secondary N) is 2. The first kappa shape index (κ1) is 32.1. The SMILES string of the molecule is CCOc1cc(C=NNC(=O)c2cccc(NC(=O)c3cccc(C)c3)c2)ccc1OC(=O)c1cc(OC)c(OC)c(OC)c1. The number of amides is 2. The average molecular weight is 612 g/mol. The summed E-state index contributed by atoms with van der Waals surface area (Å²) in [7, 11) is 4.37. The summed E-state index contributed by atoms with van der Waals surface area (Å²) in [6, 6.07) is 21.5. The monoisotopic (exact) mass is 611 g/mol. The quantitative estimate of drug-likeness (QED) is 0.0908. The Balaban J connectivity index is 1.43. The highest BCUT2D eigenvalue weighted by atomic mass is 16.6. The number of hydrogen-bond donors (Lipinski definition) is 2. The zero-order valence-electron chi connectivity index (χ0n) is 25.5. The molecule has 11 nitrogen and oxygen atoms in total. The summed E-state index contributed by atoms with van der Waals surface area (Å²) >= 11 is 0. The van der Waals surface area contributed by atoms with Crippen LogP contribution in [0.15, 0.2) is 84.0 Å². The molecule has 4 aromatic carbocycles. The van der Waals surface area contributed by atoms with Gasteiger partial charge in [0.1, 0.15) is 0 Å². The number of ether oxygens (including phenoxy) is 5. The Hall–Kier alpha value is -5.84. The van der Waals surface area contributed by atoms with Gasteiger partial charge < -0.3 is 29.0 Å². The van der Waals surface area contributed by atoms with Crippen molar-refractivity contribution in [3.05, 3.63) is 107 Å². The third kappa shape index (κ3) is 8.17. The normalized spacial score (nSPS) is 10.6. The van der Waals surface area contributed by atoms with Crippen LogP contribution in [0.1, 0.15) is 49.1 Å². The lowest BCUT2D eigenvalue weighted by Gasteiger charge is -2.15. The standard InChI is InChI=1S/C34H33N3O8/c1-6-44-28-16-22(13-14-27(28)45-34(40)25-18-29(41-3)31(43-5)30(19-25)42-4)20-35-37-33(39)24-11-8-12-26(17-24)36-32(38)23-10-7-9-21(2)15-23/h7-20H,6H2,1-5H3,(H,36,38)(H,37,39). The molecular weight excluding hydrogens is 578 g/mol. The molecule has 0 radical (unpaired) electrons. The van der Waals surface area contributed by atoms with Gasteiger partial charge in [0.25, 0.3) is 11.8 Å². The van der Waals surface area contributed by atoms with Gasteiger partial charge in [0.2, 0.25) is 5.75 Å². The van der Waals surface area contributed by atoms with E-state index < -0.39 is 11.9 Å². The van der Waals surface area contributed by atoms with Crippen molar-refractivity contribution in [3.8, 4) is 28.7 Å². The van der Waals surface area contributed by atoms with E-state index in [4.69, 9.17) is 23.7 Å². The Morgan fingerprint density at radius 2 is 1.42 bits per heavy atom. The highest BCUT2D eigenvalue weighted by Crippen LogP contribution is 2.39. The third-order valence-electron chi connectivity index (χ3n) is 6.41. The highest BCUT2D eigenvalue weighted by Gasteiger charge is 2.20. The molecule has 0 aromatic heterocycles. The number of nitrogens with zero attached hydrogens (tertiary/aromatic N) is 1. The molecule has 0 saturated carbocycles. The lowest BCUT2D eigenvalue weighted by Crippen LogP contribution is -2.18. The molecule has 0 aliphatic heterocycles. The predicted molar refractivity (Wildman–Crippen MR) is 169 cm³/mol. The molecule has 0 unspecified atom stereocenters. The Labute approximate surface area is 260 Å². The first-order valence-corrected chi connectivity index (χ1v) is 13.9. The van der Waals surface area contributed by atoms with Gasteiger partial charge in [-0.1, -0.05) is 23.8 Å². The van der Waals surface area contributed by atoms with Crippen molar-refractivity contribution >= 4 is 29.7 Å². The van der Waals surface area contributed by atoms with Crippen LogP contribution < -0.4 is 34.4 Å². The second-order valence-corrected chi connectivity index (χ2v) is 9.55. The van der Waals surface area contributed by atoms with Crippen LogP contribution in [0.3, 0.4) is 0 Å². The fourth-order valence-electron chi connectivity index (χ4n) is 4.27. The molecule has 4 aromatic rings. The second-order valence-electron chi connectivity index (χ2n) is 9.55. The molecule has 232 valence electrons. The molecule has 0 bridgehead atoms. The summed E-state index contributed by atoms with van der Waals surface area (Å²) in [5.41, 5.74) is 5.48. The summed E-state index contributed by atoms with van der Waals surface area (Å²) in [5, 5.41) is 6.85. The number of hydrogen-bond acceptors (Lipinski definition) is 9. The van der Waals surface area contributed by atoms with Gasteiger partial charge in [-0.05, 0) is 80.1 Å². The summed E-state index contributed by atoms with van der Waals surface area (Å²) in [6.45, 7) is 4.01. The van der Waals surface area contributed by atoms with E-state index in [1.807, 2.05) is 13.0 Å². The minimum atomic E-state index is -0.666. The third-order valence-corrected chi connectivity index (χ3v) is 6.41. The number of esters is 1. The van der Waals surface area contributed by atoms with Gasteiger partial charge in [0.15, 0.2) is 23.0 Å². The minimum absolute atomic E-state index is 0.180. The summed E-state index contributed by atoms with van der Waals surface area (Å²) in [6.07, 6.45) is 1.43. The maximum Gasteiger partial charge on any atom is 0.343 e. The Morgan fingerprint density at radius 3 is 2.07 bits per heavy atom. The number of hydrazone groups is 1. The van der Waals surface area contributed by atoms with Crippen LogP contribution in [0.4, 0.5) is 5.69 Å². The molecule has 2 amide bonds. The van der Waals surface area contributed by atoms with Crippen LogP contribution in [-0.4, -0.2) is 51.9 Å². The predicted octanol–water partition coefficient (Wildman–Crippen LogP) is 5.65. The van der Waals surface area contributed by atoms with E-state index in [0.29, 0.717) is 52.0 Å². The van der Waals surface area contributed by atoms with Crippen molar-refractivity contribution in [3.63, 3.8) is 0 Å². The van der Waals surface area contributed by atoms with E-state index in [9.17, 15) is 14.4 Å². The molecule has 0 aliphatic rings. The number of anilines is 1. The van der Waals surface area contributed by atoms with Crippen LogP contribution in [0.25, 0.3) is 0 Å². The van der Waals surface area contributed by atoms with Gasteiger partial charge in [-0.25, -0.2) is 10.2 Å². The number of rotatable bonds is 12. The van der Waals surface area contributed by atoms with E-state index in [1.165, 1.54) is 39.7 Å². The van der Waals surface area contributed by atoms with Gasteiger partial charge in [-0.3, -0.25) is 9.59 Å². The Kier molecular flexibility index (Phi) is 10.7. The molecular formula is C34H33N3O8. The smallest absolute Gasteiger partial charge is 0.343 e. The maximum absolute atomic E-state index is 13.0. The van der Waals surface area contributed by atoms with E-state index >= 15 is 0 Å². The molecule has 0 heterocycles. The number of methoxy groups -OCH3 is 3. The van der Waals surface area contributed by atoms with Crippen molar-refractivity contribution < 1.29 is 38.1 Å². The molecule has 4 rings (SSSR count). The molecule has 45 heavy (non-hydrogen) atoms. The van der Waals surface area contributed by atoms with Gasteiger partial charge in [0.05, 0.1) is 39.7 Å². The van der Waals surface area contributed by atoms with Crippen molar-refractivity contribution in [2.45, 2.75) is 13.8 Å². The van der Waals surface area contributed by atoms with E-state index in [-0.39, 0.29) is 17.2 Å². The van der Waals surface area contributed by atoms with Crippen molar-refractivity contribution in [1.82, 2.24) is 5.43 Å². The topological polar surface area (TPSA) is 134 Å². The summed E-state index contributed by atoms with van der Waals surface area (Å²) < 4.78 is 27.3. The van der Waals surface area contributed by atoms with Crippen molar-refractivity contribution in [2.24, 2.45) is 5.10 Å². The molecule has 11 heteroatoms. The fourth-order valence-corrected chi connectivity index (χ4v) is 4.27. The number of benzene rings is 4. The van der Waals surface area contributed by atoms with Gasteiger partial charge >= 0.3 is 5.97 Å². The average Bonchev–Trinajstić information content (AvgIpc) is 3.05. The van der Waals surface area contributed by atoms with Crippen LogP contribution >= 0.6 is 0 Å². The van der Waals surface area contributed by atoms with E-state index in [2.05, 4.69) is 15.8 Å². The number of carbonyl (C=O) groups excluding carboxylic acids is 3. The van der Waals surface area contributed by atoms with Gasteiger partial charge in [0, 0.05) is 16.8 Å². The van der Waals surface area contributed by atoms with Gasteiger partial charge in [-0.2, -0.15) is 5.10 Å². The molecule has 0 atom stereocenters. The highest BCUT2D eigenvalue weighted by molar-refractivity contribution is 6.05. The first-order valence-electron chi connectivity index (χ1n) is 13.9. The summed E-state index contributed by atoms with van der Waals surface area (Å²) in [4.78, 5) is 38.4. The lowest BCUT2D eigenvalue weighted by molar-refractivity contribution is 0.0727. The zero-order chi connectivity index (χ0) is 32.3. The van der Waals surface area contributed by atoms with Crippen molar-refractivity contribution in [1.29, 1.82) is 0 Å². The molecule has 0 spiro atoms. The van der Waals surface area contributed by atoms with Crippen LogP contribution in [0, 0.1) is 6.92 Å². The Morgan fingerprint density at radius 1 is 0.733 bits per heavy atom. The fraction of sp³-hybridized carbons (Fsp3) is 0.176. The van der Waals surface area contributed by atoms with Crippen LogP contribution in [0.2, 0.25) is 0 Å². The number of carbonyl (C=O) groups is 3. The van der Waals surface area contributed by atoms with E-state index in [1.54, 1.807) is 67.6 Å². The zero-order valence-corrected chi connectivity index (χ0v) is 25.5. The van der Waals surface area contributed by atoms with Gasteiger partial charge in [-0.15, -0.1) is 0 Å². The molecule has 2 N–H and O–H groups in total. The maximum atomic E-state index is 13.0. The molecule has 0 saturated heterocycles. The van der Waals surface area contributed by atoms with Crippen LogP contribution in [0.5, 0.6) is 28.7 Å². The number of aryl methyl sites for hydroxylation is 1. The largest absolute Gasteiger partial charge is 0.493 e. The second kappa shape index (κ2) is 15.1. The van der Waals surface area contributed by atoms with Crippen LogP contribution in [-0.2, 0) is 0 Å². The molecule has 0 aliphatic carbocycles. The molecule has 0 fully saturated rings. The summed E-state index contributed by atoms with van der Waals surface area (Å²) in [5.74, 6) is 0.0196. The Bertz CT molecular complexity index is 1710. The van der Waals surface area contributed by atoms with E-state index in [0.717, 1.165) is 5.56 Å². The minimum Gasteiger partial charge on any atom is -0.493 e. The first-order chi connectivity index (χ1) is 21.8. The lowest BCUT2D eigenvalue weighted by atomic mass is 10.1. The van der Waals surface area contributed by atoms with Crippen molar-refractivity contribution in [2.75, 3.05) is 33.3 Å².